The number of ketones is 1. The van der Waals surface area contributed by atoms with Crippen LogP contribution in [0.15, 0.2) is 23.8 Å². The lowest BCUT2D eigenvalue weighted by Crippen LogP contribution is -2.53. The standard InChI is InChI=1S/C30H46O5/c1-8-35-27(33)30(34)16-29(7)22-13-14-28(6)20(19(5)10-9-18(4)17(2)3)11-12-21(28)25(22)24(31)15-23(29)26(30)32/h15,17,19-22,24-25,31,34H,4,8-14,16H2,1-3,5-7H3/t19-,20-,21+,22+,24+,25+,28-,29-,30+/m1/s1. The highest BCUT2D eigenvalue weighted by Gasteiger charge is 2.68. The van der Waals surface area contributed by atoms with Gasteiger partial charge in [0.05, 0.1) is 12.7 Å². The summed E-state index contributed by atoms with van der Waals surface area (Å²) in [5.41, 5.74) is -0.850. The van der Waals surface area contributed by atoms with E-state index in [2.05, 4.69) is 34.3 Å². The first kappa shape index (κ1) is 26.6. The first-order valence-corrected chi connectivity index (χ1v) is 13.8. The molecule has 5 nitrogen and oxygen atoms in total. The van der Waals surface area contributed by atoms with E-state index in [1.54, 1.807) is 13.0 Å². The lowest BCUT2D eigenvalue weighted by molar-refractivity contribution is -0.169. The summed E-state index contributed by atoms with van der Waals surface area (Å²) < 4.78 is 5.09. The number of carbonyl (C=O) groups is 2. The van der Waals surface area contributed by atoms with E-state index in [0.717, 1.165) is 32.1 Å². The first-order chi connectivity index (χ1) is 16.3. The van der Waals surface area contributed by atoms with Gasteiger partial charge >= 0.3 is 5.97 Å². The molecule has 0 radical (unpaired) electrons. The van der Waals surface area contributed by atoms with Crippen molar-refractivity contribution in [1.82, 2.24) is 0 Å². The van der Waals surface area contributed by atoms with Crippen LogP contribution in [0.2, 0.25) is 0 Å². The maximum Gasteiger partial charge on any atom is 0.346 e. The zero-order valence-electron chi connectivity index (χ0n) is 22.6. The third-order valence-corrected chi connectivity index (χ3v) is 10.9. The van der Waals surface area contributed by atoms with Gasteiger partial charge in [0, 0.05) is 17.4 Å². The van der Waals surface area contributed by atoms with Crippen molar-refractivity contribution in [3.63, 3.8) is 0 Å². The lowest BCUT2D eigenvalue weighted by Gasteiger charge is -2.56. The fourth-order valence-corrected chi connectivity index (χ4v) is 8.78. The second kappa shape index (κ2) is 9.13. The molecule has 0 heterocycles. The molecule has 4 aliphatic carbocycles. The molecule has 0 aliphatic heterocycles. The molecule has 4 aliphatic rings. The summed E-state index contributed by atoms with van der Waals surface area (Å²) >= 11 is 0. The summed E-state index contributed by atoms with van der Waals surface area (Å²) in [5.74, 6) is 0.782. The number of ether oxygens (including phenoxy) is 1. The van der Waals surface area contributed by atoms with Gasteiger partial charge in [-0.3, -0.25) is 4.79 Å². The van der Waals surface area contributed by atoms with E-state index in [1.807, 2.05) is 6.92 Å². The van der Waals surface area contributed by atoms with Crippen LogP contribution in [0.1, 0.15) is 86.5 Å². The van der Waals surface area contributed by atoms with Gasteiger partial charge < -0.3 is 14.9 Å². The average Bonchev–Trinajstić information content (AvgIpc) is 3.24. The molecule has 0 unspecified atom stereocenters. The summed E-state index contributed by atoms with van der Waals surface area (Å²) in [5, 5.41) is 22.6. The molecule has 35 heavy (non-hydrogen) atoms. The Labute approximate surface area is 211 Å². The number of rotatable bonds is 7. The van der Waals surface area contributed by atoms with Gasteiger partial charge in [-0.1, -0.05) is 46.8 Å². The van der Waals surface area contributed by atoms with Gasteiger partial charge in [-0.25, -0.2) is 4.79 Å². The minimum absolute atomic E-state index is 0.0441. The number of aliphatic hydroxyl groups is 2. The molecule has 4 rings (SSSR count). The van der Waals surface area contributed by atoms with Crippen LogP contribution in [0.5, 0.6) is 0 Å². The van der Waals surface area contributed by atoms with E-state index in [1.165, 1.54) is 12.0 Å². The van der Waals surface area contributed by atoms with Gasteiger partial charge in [0.2, 0.25) is 11.4 Å². The number of esters is 1. The van der Waals surface area contributed by atoms with Crippen LogP contribution in [0.25, 0.3) is 0 Å². The van der Waals surface area contributed by atoms with E-state index in [9.17, 15) is 19.8 Å². The predicted molar refractivity (Wildman–Crippen MR) is 136 cm³/mol. The Kier molecular flexibility index (Phi) is 6.94. The summed E-state index contributed by atoms with van der Waals surface area (Å²) in [7, 11) is 0. The lowest BCUT2D eigenvalue weighted by atomic mass is 9.48. The SMILES string of the molecule is C=C(CC[C@@H](C)[C@H]1CC[C@H]2[C@@H]3[C@@H](O)C=C4C(=O)[C@](O)(C(=O)OCC)C[C@]4(C)[C@H]3CC[C@]12C)C(C)C. The monoisotopic (exact) mass is 486 g/mol. The summed E-state index contributed by atoms with van der Waals surface area (Å²) in [6, 6.07) is 0. The molecule has 0 aromatic rings. The normalized spacial score (nSPS) is 43.3. The molecule has 3 fully saturated rings. The Morgan fingerprint density at radius 1 is 1.20 bits per heavy atom. The highest BCUT2D eigenvalue weighted by atomic mass is 16.5. The topological polar surface area (TPSA) is 83.8 Å². The number of carbonyl (C=O) groups excluding carboxylic acids is 2. The van der Waals surface area contributed by atoms with E-state index in [0.29, 0.717) is 29.2 Å². The van der Waals surface area contributed by atoms with E-state index >= 15 is 0 Å². The molecule has 5 heteroatoms. The number of allylic oxidation sites excluding steroid dienone is 1. The van der Waals surface area contributed by atoms with E-state index in [4.69, 9.17) is 4.74 Å². The van der Waals surface area contributed by atoms with Crippen LogP contribution in [-0.2, 0) is 14.3 Å². The average molecular weight is 487 g/mol. The molecule has 0 aromatic heterocycles. The van der Waals surface area contributed by atoms with E-state index in [-0.39, 0.29) is 30.3 Å². The summed E-state index contributed by atoms with van der Waals surface area (Å²) in [4.78, 5) is 25.9. The highest BCUT2D eigenvalue weighted by Crippen LogP contribution is 2.68. The molecule has 0 bridgehead atoms. The smallest absolute Gasteiger partial charge is 0.346 e. The molecule has 0 saturated heterocycles. The Morgan fingerprint density at radius 3 is 2.51 bits per heavy atom. The van der Waals surface area contributed by atoms with Crippen LogP contribution in [0, 0.1) is 46.3 Å². The first-order valence-electron chi connectivity index (χ1n) is 13.8. The summed E-state index contributed by atoms with van der Waals surface area (Å²) in [6.07, 6.45) is 7.45. The van der Waals surface area contributed by atoms with Gasteiger partial charge in [-0.15, -0.1) is 0 Å². The molecule has 9 atom stereocenters. The Balaban J connectivity index is 1.59. The summed E-state index contributed by atoms with van der Waals surface area (Å²) in [6.45, 7) is 17.3. The molecule has 0 aromatic carbocycles. The van der Waals surface area contributed by atoms with Crippen LogP contribution in [0.3, 0.4) is 0 Å². The van der Waals surface area contributed by atoms with Crippen LogP contribution >= 0.6 is 0 Å². The Morgan fingerprint density at radius 2 is 1.89 bits per heavy atom. The zero-order chi connectivity index (χ0) is 25.9. The fraction of sp³-hybridized carbons (Fsp3) is 0.800. The van der Waals surface area contributed by atoms with Crippen molar-refractivity contribution in [3.05, 3.63) is 23.8 Å². The number of Topliss-reactive ketones (excluding diaryl/α,β-unsaturated/α-hetero) is 1. The number of fused-ring (bicyclic) bond motifs is 5. The van der Waals surface area contributed by atoms with Gasteiger partial charge in [0.15, 0.2) is 0 Å². The van der Waals surface area contributed by atoms with Gasteiger partial charge in [-0.05, 0) is 92.4 Å². The van der Waals surface area contributed by atoms with Crippen molar-refractivity contribution in [2.24, 2.45) is 46.3 Å². The van der Waals surface area contributed by atoms with Crippen LogP contribution < -0.4 is 0 Å². The van der Waals surface area contributed by atoms with Crippen molar-refractivity contribution in [1.29, 1.82) is 0 Å². The molecule has 2 N–H and O–H groups in total. The minimum Gasteiger partial charge on any atom is -0.464 e. The fourth-order valence-electron chi connectivity index (χ4n) is 8.78. The molecular weight excluding hydrogens is 440 g/mol. The molecule has 0 spiro atoms. The van der Waals surface area contributed by atoms with E-state index < -0.39 is 28.9 Å². The third-order valence-electron chi connectivity index (χ3n) is 10.9. The van der Waals surface area contributed by atoms with Crippen molar-refractivity contribution in [2.75, 3.05) is 6.61 Å². The predicted octanol–water partition coefficient (Wildman–Crippen LogP) is 5.25. The van der Waals surface area contributed by atoms with Crippen molar-refractivity contribution in [2.45, 2.75) is 98.2 Å². The molecule has 3 saturated carbocycles. The second-order valence-corrected chi connectivity index (χ2v) is 12.9. The van der Waals surface area contributed by atoms with Crippen molar-refractivity contribution < 1.29 is 24.5 Å². The number of hydrogen-bond acceptors (Lipinski definition) is 5. The molecule has 196 valence electrons. The number of hydrogen-bond donors (Lipinski definition) is 2. The Bertz CT molecular complexity index is 920. The molecule has 0 amide bonds. The minimum atomic E-state index is -2.14. The zero-order valence-corrected chi connectivity index (χ0v) is 22.6. The Hall–Kier alpha value is -1.46. The maximum atomic E-state index is 13.3. The van der Waals surface area contributed by atoms with Crippen molar-refractivity contribution >= 4 is 11.8 Å². The largest absolute Gasteiger partial charge is 0.464 e. The van der Waals surface area contributed by atoms with Crippen LogP contribution in [-0.4, -0.2) is 40.3 Å². The van der Waals surface area contributed by atoms with Gasteiger partial charge in [0.25, 0.3) is 0 Å². The molecular formula is C30H46O5. The number of aliphatic hydroxyl groups excluding tert-OH is 1. The van der Waals surface area contributed by atoms with Gasteiger partial charge in [0.1, 0.15) is 0 Å². The maximum absolute atomic E-state index is 13.3. The quantitative estimate of drug-likeness (QED) is 0.292. The van der Waals surface area contributed by atoms with Crippen LogP contribution in [0.4, 0.5) is 0 Å². The third kappa shape index (κ3) is 3.96. The second-order valence-electron chi connectivity index (χ2n) is 12.9. The highest BCUT2D eigenvalue weighted by molar-refractivity contribution is 6.18. The van der Waals surface area contributed by atoms with Gasteiger partial charge in [-0.2, -0.15) is 0 Å². The van der Waals surface area contributed by atoms with Crippen molar-refractivity contribution in [3.8, 4) is 0 Å².